The molecule has 1 aromatic rings. The summed E-state index contributed by atoms with van der Waals surface area (Å²) in [5, 5.41) is 11.6. The SMILES string of the molecule is O=C(Nc1ccccc1Br)C(=O)N1CCC(CO)C1. The maximum Gasteiger partial charge on any atom is 0.313 e. The van der Waals surface area contributed by atoms with E-state index in [1.54, 1.807) is 18.2 Å². The van der Waals surface area contributed by atoms with Crippen molar-refractivity contribution >= 4 is 33.4 Å². The molecule has 102 valence electrons. The highest BCUT2D eigenvalue weighted by Crippen LogP contribution is 2.21. The van der Waals surface area contributed by atoms with Crippen molar-refractivity contribution in [1.82, 2.24) is 4.90 Å². The van der Waals surface area contributed by atoms with Gasteiger partial charge in [0.2, 0.25) is 0 Å². The minimum Gasteiger partial charge on any atom is -0.396 e. The third kappa shape index (κ3) is 3.33. The first-order valence-corrected chi connectivity index (χ1v) is 6.86. The molecule has 5 nitrogen and oxygen atoms in total. The van der Waals surface area contributed by atoms with Gasteiger partial charge >= 0.3 is 11.8 Å². The zero-order valence-electron chi connectivity index (χ0n) is 10.3. The smallest absolute Gasteiger partial charge is 0.313 e. The van der Waals surface area contributed by atoms with Crippen molar-refractivity contribution in [1.29, 1.82) is 0 Å². The van der Waals surface area contributed by atoms with Gasteiger partial charge in [0, 0.05) is 30.1 Å². The molecule has 1 aliphatic heterocycles. The van der Waals surface area contributed by atoms with Crippen LogP contribution in [0.4, 0.5) is 5.69 Å². The van der Waals surface area contributed by atoms with E-state index < -0.39 is 11.8 Å². The lowest BCUT2D eigenvalue weighted by Crippen LogP contribution is -2.38. The maximum atomic E-state index is 11.9. The van der Waals surface area contributed by atoms with E-state index in [2.05, 4.69) is 21.2 Å². The number of benzene rings is 1. The zero-order valence-corrected chi connectivity index (χ0v) is 11.9. The lowest BCUT2D eigenvalue weighted by Gasteiger charge is -2.15. The van der Waals surface area contributed by atoms with Gasteiger partial charge in [0.15, 0.2) is 0 Å². The number of amides is 2. The third-order valence-corrected chi connectivity index (χ3v) is 3.84. The van der Waals surface area contributed by atoms with E-state index in [4.69, 9.17) is 5.11 Å². The average Bonchev–Trinajstić information content (AvgIpc) is 2.89. The summed E-state index contributed by atoms with van der Waals surface area (Å²) in [6.45, 7) is 1.02. The fourth-order valence-electron chi connectivity index (χ4n) is 2.05. The highest BCUT2D eigenvalue weighted by Gasteiger charge is 2.29. The number of anilines is 1. The lowest BCUT2D eigenvalue weighted by atomic mass is 10.1. The molecule has 6 heteroatoms. The molecule has 0 aliphatic carbocycles. The van der Waals surface area contributed by atoms with Gasteiger partial charge < -0.3 is 15.3 Å². The summed E-state index contributed by atoms with van der Waals surface area (Å²) in [5.41, 5.74) is 0.568. The Hall–Kier alpha value is -1.40. The van der Waals surface area contributed by atoms with Crippen LogP contribution in [-0.4, -0.2) is 41.5 Å². The van der Waals surface area contributed by atoms with E-state index in [1.807, 2.05) is 6.07 Å². The van der Waals surface area contributed by atoms with Gasteiger partial charge in [-0.05, 0) is 34.5 Å². The van der Waals surface area contributed by atoms with E-state index in [0.29, 0.717) is 18.8 Å². The van der Waals surface area contributed by atoms with Crippen LogP contribution >= 0.6 is 15.9 Å². The number of hydrogen-bond donors (Lipinski definition) is 2. The van der Waals surface area contributed by atoms with Crippen molar-refractivity contribution in [3.05, 3.63) is 28.7 Å². The Balaban J connectivity index is 1.97. The van der Waals surface area contributed by atoms with Gasteiger partial charge in [-0.2, -0.15) is 0 Å². The Kier molecular flexibility index (Phi) is 4.55. The van der Waals surface area contributed by atoms with E-state index in [0.717, 1.165) is 10.9 Å². The second kappa shape index (κ2) is 6.16. The Morgan fingerprint density at radius 2 is 2.16 bits per heavy atom. The summed E-state index contributed by atoms with van der Waals surface area (Å²) in [5.74, 6) is -1.11. The molecule has 0 aromatic heterocycles. The second-order valence-electron chi connectivity index (χ2n) is 4.52. The van der Waals surface area contributed by atoms with E-state index in [-0.39, 0.29) is 12.5 Å². The van der Waals surface area contributed by atoms with Crippen LogP contribution in [-0.2, 0) is 9.59 Å². The van der Waals surface area contributed by atoms with Gasteiger partial charge in [-0.3, -0.25) is 9.59 Å². The number of hydrogen-bond acceptors (Lipinski definition) is 3. The van der Waals surface area contributed by atoms with Crippen LogP contribution < -0.4 is 5.32 Å². The van der Waals surface area contributed by atoms with Gasteiger partial charge in [-0.25, -0.2) is 0 Å². The number of nitrogens with zero attached hydrogens (tertiary/aromatic N) is 1. The Bertz CT molecular complexity index is 493. The number of carbonyl (C=O) groups excluding carboxylic acids is 2. The lowest BCUT2D eigenvalue weighted by molar-refractivity contribution is -0.142. The van der Waals surface area contributed by atoms with Crippen LogP contribution in [0.15, 0.2) is 28.7 Å². The van der Waals surface area contributed by atoms with Crippen molar-refractivity contribution in [3.8, 4) is 0 Å². The molecule has 19 heavy (non-hydrogen) atoms. The second-order valence-corrected chi connectivity index (χ2v) is 5.38. The average molecular weight is 327 g/mol. The molecule has 2 rings (SSSR count). The number of aliphatic hydroxyl groups is 1. The molecule has 0 bridgehead atoms. The molecule has 1 saturated heterocycles. The fraction of sp³-hybridized carbons (Fsp3) is 0.385. The van der Waals surface area contributed by atoms with Crippen LogP contribution in [0.25, 0.3) is 0 Å². The summed E-state index contributed by atoms with van der Waals surface area (Å²) >= 11 is 3.31. The molecule has 1 aromatic carbocycles. The standard InChI is InChI=1S/C13H15BrN2O3/c14-10-3-1-2-4-11(10)15-12(18)13(19)16-6-5-9(7-16)8-17/h1-4,9,17H,5-8H2,(H,15,18). The number of rotatable bonds is 2. The molecule has 2 N–H and O–H groups in total. The van der Waals surface area contributed by atoms with Crippen LogP contribution in [0, 0.1) is 5.92 Å². The molecular weight excluding hydrogens is 312 g/mol. The van der Waals surface area contributed by atoms with Gasteiger partial charge in [0.25, 0.3) is 0 Å². The molecule has 0 radical (unpaired) electrons. The van der Waals surface area contributed by atoms with Crippen LogP contribution in [0.5, 0.6) is 0 Å². The highest BCUT2D eigenvalue weighted by molar-refractivity contribution is 9.10. The Morgan fingerprint density at radius 3 is 2.79 bits per heavy atom. The van der Waals surface area contributed by atoms with Crippen molar-refractivity contribution < 1.29 is 14.7 Å². The first-order valence-electron chi connectivity index (χ1n) is 6.07. The van der Waals surface area contributed by atoms with E-state index >= 15 is 0 Å². The molecule has 1 fully saturated rings. The molecular formula is C13H15BrN2O3. The summed E-state index contributed by atoms with van der Waals surface area (Å²) in [6.07, 6.45) is 0.741. The molecule has 2 amide bonds. The summed E-state index contributed by atoms with van der Waals surface area (Å²) in [7, 11) is 0. The number of aliphatic hydroxyl groups excluding tert-OH is 1. The number of halogens is 1. The predicted octanol–water partition coefficient (Wildman–Crippen LogP) is 1.23. The van der Waals surface area contributed by atoms with Crippen LogP contribution in [0.3, 0.4) is 0 Å². The van der Waals surface area contributed by atoms with Crippen molar-refractivity contribution in [3.63, 3.8) is 0 Å². The van der Waals surface area contributed by atoms with E-state index in [1.165, 1.54) is 4.90 Å². The normalized spacial score (nSPS) is 18.4. The highest BCUT2D eigenvalue weighted by atomic mass is 79.9. The topological polar surface area (TPSA) is 69.6 Å². The molecule has 1 aliphatic rings. The van der Waals surface area contributed by atoms with Crippen molar-refractivity contribution in [2.75, 3.05) is 25.0 Å². The van der Waals surface area contributed by atoms with Gasteiger partial charge in [-0.15, -0.1) is 0 Å². The van der Waals surface area contributed by atoms with Crippen LogP contribution in [0.2, 0.25) is 0 Å². The number of para-hydroxylation sites is 1. The number of nitrogens with one attached hydrogen (secondary N) is 1. The number of likely N-dealkylation sites (tertiary alicyclic amines) is 1. The Labute approximate surface area is 119 Å². The third-order valence-electron chi connectivity index (χ3n) is 3.15. The van der Waals surface area contributed by atoms with Gasteiger partial charge in [-0.1, -0.05) is 12.1 Å². The predicted molar refractivity (Wildman–Crippen MR) is 74.5 cm³/mol. The first-order chi connectivity index (χ1) is 9.11. The summed E-state index contributed by atoms with van der Waals surface area (Å²) in [6, 6.07) is 7.11. The Morgan fingerprint density at radius 1 is 1.42 bits per heavy atom. The number of carbonyl (C=O) groups is 2. The zero-order chi connectivity index (χ0) is 13.8. The monoisotopic (exact) mass is 326 g/mol. The van der Waals surface area contributed by atoms with Crippen LogP contribution in [0.1, 0.15) is 6.42 Å². The molecule has 1 heterocycles. The minimum atomic E-state index is -0.648. The van der Waals surface area contributed by atoms with Gasteiger partial charge in [0.1, 0.15) is 0 Å². The fourth-order valence-corrected chi connectivity index (χ4v) is 2.43. The van der Waals surface area contributed by atoms with E-state index in [9.17, 15) is 9.59 Å². The molecule has 0 saturated carbocycles. The quantitative estimate of drug-likeness (QED) is 0.803. The minimum absolute atomic E-state index is 0.0512. The van der Waals surface area contributed by atoms with Crippen molar-refractivity contribution in [2.45, 2.75) is 6.42 Å². The largest absolute Gasteiger partial charge is 0.396 e. The molecule has 1 atom stereocenters. The molecule has 1 unspecified atom stereocenters. The summed E-state index contributed by atoms with van der Waals surface area (Å²) < 4.78 is 0.728. The molecule has 0 spiro atoms. The van der Waals surface area contributed by atoms with Crippen molar-refractivity contribution in [2.24, 2.45) is 5.92 Å². The van der Waals surface area contributed by atoms with Gasteiger partial charge in [0.05, 0.1) is 5.69 Å². The first kappa shape index (κ1) is 14.0. The maximum absolute atomic E-state index is 11.9. The summed E-state index contributed by atoms with van der Waals surface area (Å²) in [4.78, 5) is 25.3.